The number of benzene rings is 1. The Balaban J connectivity index is 2.39. The van der Waals surface area contributed by atoms with Crippen molar-refractivity contribution in [2.75, 3.05) is 38.8 Å². The Hall–Kier alpha value is -1.13. The van der Waals surface area contributed by atoms with Gasteiger partial charge < -0.3 is 19.9 Å². The Morgan fingerprint density at radius 3 is 2.95 bits per heavy atom. The maximum Gasteiger partial charge on any atom is 0.101 e. The lowest BCUT2D eigenvalue weighted by molar-refractivity contribution is 0.0182. The number of methoxy groups -OCH3 is 1. The number of anilines is 1. The molecule has 1 unspecified atom stereocenters. The van der Waals surface area contributed by atoms with E-state index in [9.17, 15) is 5.11 Å². The number of aliphatic hydroxyl groups is 1. The van der Waals surface area contributed by atoms with Gasteiger partial charge in [-0.3, -0.25) is 0 Å². The highest BCUT2D eigenvalue weighted by Crippen LogP contribution is 2.20. The molecule has 2 N–H and O–H groups in total. The van der Waals surface area contributed by atoms with E-state index in [0.29, 0.717) is 31.0 Å². The van der Waals surface area contributed by atoms with Crippen LogP contribution in [0.4, 0.5) is 5.69 Å². The van der Waals surface area contributed by atoms with Crippen molar-refractivity contribution < 1.29 is 14.6 Å². The number of aliphatic hydroxyl groups excluding tert-OH is 1. The van der Waals surface area contributed by atoms with Gasteiger partial charge in [-0.2, -0.15) is 5.26 Å². The lowest BCUT2D eigenvalue weighted by Crippen LogP contribution is -2.25. The average molecular weight is 329 g/mol. The minimum absolute atomic E-state index is 0.228. The lowest BCUT2D eigenvalue weighted by atomic mass is 10.2. The summed E-state index contributed by atoms with van der Waals surface area (Å²) in [7, 11) is 1.60. The second-order valence-electron chi connectivity index (χ2n) is 3.90. The van der Waals surface area contributed by atoms with Gasteiger partial charge in [0, 0.05) is 18.1 Å². The minimum atomic E-state index is -0.637. The van der Waals surface area contributed by atoms with Crippen molar-refractivity contribution in [2.24, 2.45) is 0 Å². The summed E-state index contributed by atoms with van der Waals surface area (Å²) in [5.41, 5.74) is 1.23. The van der Waals surface area contributed by atoms with Crippen LogP contribution in [0.25, 0.3) is 0 Å². The fraction of sp³-hybridized carbons (Fsp3) is 0.462. The highest BCUT2D eigenvalue weighted by molar-refractivity contribution is 9.10. The van der Waals surface area contributed by atoms with Gasteiger partial charge in [-0.1, -0.05) is 15.9 Å². The van der Waals surface area contributed by atoms with Gasteiger partial charge in [0.25, 0.3) is 0 Å². The molecule has 6 heteroatoms. The fourth-order valence-corrected chi connectivity index (χ4v) is 1.77. The van der Waals surface area contributed by atoms with E-state index >= 15 is 0 Å². The Morgan fingerprint density at radius 2 is 2.26 bits per heavy atom. The number of nitriles is 1. The van der Waals surface area contributed by atoms with Crippen molar-refractivity contribution in [2.45, 2.75) is 6.10 Å². The van der Waals surface area contributed by atoms with E-state index in [1.165, 1.54) is 0 Å². The molecule has 19 heavy (non-hydrogen) atoms. The molecule has 104 valence electrons. The molecule has 1 aromatic carbocycles. The van der Waals surface area contributed by atoms with Crippen LogP contribution in [0.1, 0.15) is 5.56 Å². The lowest BCUT2D eigenvalue weighted by Gasteiger charge is -2.14. The Labute approximate surface area is 121 Å². The molecule has 0 aliphatic heterocycles. The van der Waals surface area contributed by atoms with Crippen LogP contribution in [0, 0.1) is 11.3 Å². The monoisotopic (exact) mass is 328 g/mol. The number of hydrogen-bond donors (Lipinski definition) is 2. The molecule has 0 spiro atoms. The van der Waals surface area contributed by atoms with Gasteiger partial charge in [0.2, 0.25) is 0 Å². The second kappa shape index (κ2) is 8.88. The molecule has 0 saturated heterocycles. The summed E-state index contributed by atoms with van der Waals surface area (Å²) >= 11 is 3.34. The third-order valence-corrected chi connectivity index (χ3v) is 2.87. The van der Waals surface area contributed by atoms with Gasteiger partial charge in [0.15, 0.2) is 0 Å². The van der Waals surface area contributed by atoms with E-state index in [-0.39, 0.29) is 6.61 Å². The van der Waals surface area contributed by atoms with Gasteiger partial charge in [-0.05, 0) is 18.2 Å². The first kappa shape index (κ1) is 15.9. The smallest absolute Gasteiger partial charge is 0.101 e. The summed E-state index contributed by atoms with van der Waals surface area (Å²) in [6.07, 6.45) is -0.637. The van der Waals surface area contributed by atoms with Gasteiger partial charge in [-0.15, -0.1) is 0 Å². The summed E-state index contributed by atoms with van der Waals surface area (Å²) in [6, 6.07) is 7.41. The molecule has 1 aromatic rings. The van der Waals surface area contributed by atoms with Crippen molar-refractivity contribution in [1.82, 2.24) is 0 Å². The van der Waals surface area contributed by atoms with Crippen LogP contribution in [0.15, 0.2) is 22.7 Å². The summed E-state index contributed by atoms with van der Waals surface area (Å²) < 4.78 is 10.9. The third-order valence-electron chi connectivity index (χ3n) is 2.37. The van der Waals surface area contributed by atoms with Gasteiger partial charge in [0.1, 0.15) is 6.07 Å². The predicted molar refractivity (Wildman–Crippen MR) is 76.0 cm³/mol. The topological polar surface area (TPSA) is 74.5 Å². The molecule has 5 nitrogen and oxygen atoms in total. The number of nitrogens with one attached hydrogen (secondary N) is 1. The standard InChI is InChI=1S/C13H17BrN2O3/c1-18-4-5-19-9-12(17)8-16-13-6-11(14)3-2-10(13)7-15/h2-3,6,12,16-17H,4-5,8-9H2,1H3. The Kier molecular flexibility index (Phi) is 7.45. The maximum absolute atomic E-state index is 9.72. The number of rotatable bonds is 8. The molecule has 0 heterocycles. The zero-order valence-electron chi connectivity index (χ0n) is 10.7. The molecule has 0 fully saturated rings. The van der Waals surface area contributed by atoms with Crippen LogP contribution in [0.3, 0.4) is 0 Å². The van der Waals surface area contributed by atoms with Crippen LogP contribution in [0.5, 0.6) is 0 Å². The summed E-state index contributed by atoms with van der Waals surface area (Å²) in [6.45, 7) is 1.50. The quantitative estimate of drug-likeness (QED) is 0.711. The first-order valence-corrected chi connectivity index (χ1v) is 6.65. The van der Waals surface area contributed by atoms with E-state index in [4.69, 9.17) is 14.7 Å². The fourth-order valence-electron chi connectivity index (χ4n) is 1.41. The van der Waals surface area contributed by atoms with Crippen molar-refractivity contribution in [3.63, 3.8) is 0 Å². The normalized spacial score (nSPS) is 11.9. The molecule has 0 aromatic heterocycles. The second-order valence-corrected chi connectivity index (χ2v) is 4.82. The third kappa shape index (κ3) is 6.03. The highest BCUT2D eigenvalue weighted by Gasteiger charge is 2.07. The molecular formula is C13H17BrN2O3. The van der Waals surface area contributed by atoms with E-state index in [1.807, 2.05) is 0 Å². The summed E-state index contributed by atoms with van der Waals surface area (Å²) in [5, 5.41) is 21.7. The van der Waals surface area contributed by atoms with Gasteiger partial charge in [0.05, 0.1) is 37.2 Å². The zero-order valence-corrected chi connectivity index (χ0v) is 12.3. The molecule has 0 aliphatic carbocycles. The predicted octanol–water partition coefficient (Wildman–Crippen LogP) is 1.76. The maximum atomic E-state index is 9.72. The minimum Gasteiger partial charge on any atom is -0.389 e. The molecule has 0 radical (unpaired) electrons. The van der Waals surface area contributed by atoms with Crippen molar-refractivity contribution in [3.05, 3.63) is 28.2 Å². The molecule has 0 saturated carbocycles. The summed E-state index contributed by atoms with van der Waals surface area (Å²) in [4.78, 5) is 0. The molecule has 0 amide bonds. The number of halogens is 1. The van der Waals surface area contributed by atoms with Crippen molar-refractivity contribution in [3.8, 4) is 6.07 Å². The largest absolute Gasteiger partial charge is 0.389 e. The molecule has 0 aliphatic rings. The Morgan fingerprint density at radius 1 is 1.47 bits per heavy atom. The summed E-state index contributed by atoms with van der Waals surface area (Å²) in [5.74, 6) is 0. The van der Waals surface area contributed by atoms with Gasteiger partial charge in [-0.25, -0.2) is 0 Å². The van der Waals surface area contributed by atoms with E-state index in [0.717, 1.165) is 4.47 Å². The average Bonchev–Trinajstić information content (AvgIpc) is 2.41. The molecule has 0 bridgehead atoms. The Bertz CT molecular complexity index is 434. The number of nitrogens with zero attached hydrogens (tertiary/aromatic N) is 1. The van der Waals surface area contributed by atoms with Crippen molar-refractivity contribution in [1.29, 1.82) is 5.26 Å². The van der Waals surface area contributed by atoms with Crippen molar-refractivity contribution >= 4 is 21.6 Å². The van der Waals surface area contributed by atoms with Crippen LogP contribution >= 0.6 is 15.9 Å². The van der Waals surface area contributed by atoms with E-state index in [1.54, 1.807) is 25.3 Å². The number of ether oxygens (including phenoxy) is 2. The zero-order chi connectivity index (χ0) is 14.1. The molecule has 1 atom stereocenters. The molecule has 1 rings (SSSR count). The van der Waals surface area contributed by atoms with Crippen LogP contribution < -0.4 is 5.32 Å². The SMILES string of the molecule is COCCOCC(O)CNc1cc(Br)ccc1C#N. The number of hydrogen-bond acceptors (Lipinski definition) is 5. The van der Waals surface area contributed by atoms with Gasteiger partial charge >= 0.3 is 0 Å². The van der Waals surface area contributed by atoms with Crippen LogP contribution in [-0.4, -0.2) is 44.7 Å². The first-order valence-electron chi connectivity index (χ1n) is 5.85. The highest BCUT2D eigenvalue weighted by atomic mass is 79.9. The molecular weight excluding hydrogens is 312 g/mol. The van der Waals surface area contributed by atoms with Crippen LogP contribution in [-0.2, 0) is 9.47 Å². The van der Waals surface area contributed by atoms with E-state index < -0.39 is 6.10 Å². The van der Waals surface area contributed by atoms with Crippen LogP contribution in [0.2, 0.25) is 0 Å². The first-order chi connectivity index (χ1) is 9.17. The van der Waals surface area contributed by atoms with E-state index in [2.05, 4.69) is 27.3 Å².